The highest BCUT2D eigenvalue weighted by Gasteiger charge is 2.35. The van der Waals surface area contributed by atoms with Gasteiger partial charge in [0.05, 0.1) is 22.8 Å². The lowest BCUT2D eigenvalue weighted by atomic mass is 9.78. The van der Waals surface area contributed by atoms with Crippen molar-refractivity contribution < 1.29 is 9.53 Å². The second kappa shape index (κ2) is 6.88. The number of carbonyl (C=O) groups is 1. The molecule has 0 saturated heterocycles. The van der Waals surface area contributed by atoms with E-state index in [9.17, 15) is 4.79 Å². The number of nitrogens with one attached hydrogen (secondary N) is 1. The van der Waals surface area contributed by atoms with Crippen LogP contribution in [0.5, 0.6) is 5.75 Å². The van der Waals surface area contributed by atoms with Gasteiger partial charge in [0.15, 0.2) is 10.9 Å². The number of aromatic nitrogens is 1. The molecule has 148 valence electrons. The number of ketones is 1. The smallest absolute Gasteiger partial charge is 0.190 e. The fourth-order valence-electron chi connectivity index (χ4n) is 4.01. The number of para-hydroxylation sites is 1. The lowest BCUT2D eigenvalue weighted by Crippen LogP contribution is -2.28. The van der Waals surface area contributed by atoms with Crippen molar-refractivity contribution in [3.63, 3.8) is 0 Å². The van der Waals surface area contributed by atoms with Crippen molar-refractivity contribution in [2.45, 2.75) is 26.7 Å². The maximum Gasteiger partial charge on any atom is 0.190 e. The first-order valence-corrected chi connectivity index (χ1v) is 10.7. The van der Waals surface area contributed by atoms with Gasteiger partial charge in [0.25, 0.3) is 0 Å². The van der Waals surface area contributed by atoms with Gasteiger partial charge < -0.3 is 15.0 Å². The number of thiazole rings is 1. The number of nitrogens with zero attached hydrogens (tertiary/aromatic N) is 2. The standard InChI is InChI=1S/C23H23N3O2S/c1-23(2)13-17-21(19(27)14-23)29-22(25-17)26-10-11-28-20-9-8-16(12-18(20)26)24-15-6-4-3-5-7-15/h3-9,12,24H,10-11,13-14H2,1-2H3. The number of Topliss-reactive ketones (excluding diaryl/α,β-unsaturated/α-hetero) is 1. The second-order valence-electron chi connectivity index (χ2n) is 8.39. The van der Waals surface area contributed by atoms with Gasteiger partial charge in [-0.3, -0.25) is 4.79 Å². The molecule has 0 unspecified atom stereocenters. The first-order chi connectivity index (χ1) is 14.0. The van der Waals surface area contributed by atoms with Crippen LogP contribution in [0.25, 0.3) is 0 Å². The average molecular weight is 406 g/mol. The average Bonchev–Trinajstić information content (AvgIpc) is 3.11. The van der Waals surface area contributed by atoms with Crippen LogP contribution in [0.1, 0.15) is 35.6 Å². The summed E-state index contributed by atoms with van der Waals surface area (Å²) in [5, 5.41) is 4.32. The highest BCUT2D eigenvalue weighted by molar-refractivity contribution is 7.17. The summed E-state index contributed by atoms with van der Waals surface area (Å²) in [6.07, 6.45) is 1.43. The van der Waals surface area contributed by atoms with Gasteiger partial charge in [-0.05, 0) is 42.2 Å². The molecular formula is C23H23N3O2S. The molecule has 3 aromatic rings. The Balaban J connectivity index is 1.49. The van der Waals surface area contributed by atoms with Gasteiger partial charge in [0.1, 0.15) is 12.4 Å². The molecule has 0 atom stereocenters. The third-order valence-corrected chi connectivity index (χ3v) is 6.50. The molecule has 5 nitrogen and oxygen atoms in total. The van der Waals surface area contributed by atoms with E-state index in [1.807, 2.05) is 42.5 Å². The topological polar surface area (TPSA) is 54.5 Å². The number of hydrogen-bond donors (Lipinski definition) is 1. The molecule has 0 amide bonds. The van der Waals surface area contributed by atoms with Crippen molar-refractivity contribution in [3.05, 3.63) is 59.1 Å². The fraction of sp³-hybridized carbons (Fsp3) is 0.304. The summed E-state index contributed by atoms with van der Waals surface area (Å²) < 4.78 is 5.88. The van der Waals surface area contributed by atoms with Crippen LogP contribution in [0.2, 0.25) is 0 Å². The molecule has 0 radical (unpaired) electrons. The second-order valence-corrected chi connectivity index (χ2v) is 9.36. The van der Waals surface area contributed by atoms with E-state index in [1.165, 1.54) is 11.3 Å². The normalized spacial score (nSPS) is 17.3. The number of carbonyl (C=O) groups excluding carboxylic acids is 1. The van der Waals surface area contributed by atoms with Gasteiger partial charge in [0.2, 0.25) is 0 Å². The van der Waals surface area contributed by atoms with Gasteiger partial charge in [-0.1, -0.05) is 43.4 Å². The zero-order valence-electron chi connectivity index (χ0n) is 16.6. The monoisotopic (exact) mass is 405 g/mol. The SMILES string of the molecule is CC1(C)CC(=O)c2sc(N3CCOc4ccc(Nc5ccccc5)cc43)nc2C1. The minimum Gasteiger partial charge on any atom is -0.490 e. The molecule has 2 heterocycles. The molecule has 0 spiro atoms. The summed E-state index contributed by atoms with van der Waals surface area (Å²) in [4.78, 5) is 20.5. The molecule has 1 aliphatic heterocycles. The lowest BCUT2D eigenvalue weighted by Gasteiger charge is -2.29. The molecule has 6 heteroatoms. The minimum absolute atomic E-state index is 0.0227. The molecule has 2 aromatic carbocycles. The summed E-state index contributed by atoms with van der Waals surface area (Å²) in [6, 6.07) is 16.2. The summed E-state index contributed by atoms with van der Waals surface area (Å²) >= 11 is 1.51. The van der Waals surface area contributed by atoms with E-state index < -0.39 is 0 Å². The number of fused-ring (bicyclic) bond motifs is 2. The fourth-order valence-corrected chi connectivity index (χ4v) is 5.07. The zero-order valence-corrected chi connectivity index (χ0v) is 17.4. The largest absolute Gasteiger partial charge is 0.490 e. The van der Waals surface area contributed by atoms with Crippen molar-refractivity contribution in [3.8, 4) is 5.75 Å². The van der Waals surface area contributed by atoms with E-state index >= 15 is 0 Å². The predicted molar refractivity (Wildman–Crippen MR) is 117 cm³/mol. The van der Waals surface area contributed by atoms with Crippen LogP contribution in [0, 0.1) is 5.41 Å². The van der Waals surface area contributed by atoms with Crippen LogP contribution in [0.4, 0.5) is 22.2 Å². The van der Waals surface area contributed by atoms with Crippen LogP contribution >= 0.6 is 11.3 Å². The first kappa shape index (κ1) is 18.2. The van der Waals surface area contributed by atoms with Crippen molar-refractivity contribution in [1.82, 2.24) is 4.98 Å². The minimum atomic E-state index is -0.0227. The Hall–Kier alpha value is -2.86. The Morgan fingerprint density at radius 1 is 1.10 bits per heavy atom. The first-order valence-electron chi connectivity index (χ1n) is 9.88. The molecule has 0 bridgehead atoms. The number of rotatable bonds is 3. The van der Waals surface area contributed by atoms with E-state index in [0.717, 1.165) is 44.9 Å². The molecule has 2 aliphatic rings. The molecule has 1 N–H and O–H groups in total. The zero-order chi connectivity index (χ0) is 20.0. The highest BCUT2D eigenvalue weighted by atomic mass is 32.1. The van der Waals surface area contributed by atoms with E-state index in [1.54, 1.807) is 0 Å². The summed E-state index contributed by atoms with van der Waals surface area (Å²) in [7, 11) is 0. The number of benzene rings is 2. The molecular weight excluding hydrogens is 382 g/mol. The quantitative estimate of drug-likeness (QED) is 0.617. The van der Waals surface area contributed by atoms with Gasteiger partial charge >= 0.3 is 0 Å². The number of hydrogen-bond acceptors (Lipinski definition) is 6. The van der Waals surface area contributed by atoms with E-state index in [4.69, 9.17) is 9.72 Å². The van der Waals surface area contributed by atoms with Crippen LogP contribution in [-0.4, -0.2) is 23.9 Å². The van der Waals surface area contributed by atoms with Crippen molar-refractivity contribution in [2.24, 2.45) is 5.41 Å². The van der Waals surface area contributed by atoms with Gasteiger partial charge in [-0.15, -0.1) is 0 Å². The number of anilines is 4. The van der Waals surface area contributed by atoms with E-state index in [2.05, 4.69) is 30.1 Å². The molecule has 0 fully saturated rings. The van der Waals surface area contributed by atoms with Crippen molar-refractivity contribution in [1.29, 1.82) is 0 Å². The van der Waals surface area contributed by atoms with Crippen molar-refractivity contribution >= 4 is 39.3 Å². The molecule has 29 heavy (non-hydrogen) atoms. The predicted octanol–water partition coefficient (Wildman–Crippen LogP) is 5.57. The van der Waals surface area contributed by atoms with Gasteiger partial charge in [0, 0.05) is 17.8 Å². The summed E-state index contributed by atoms with van der Waals surface area (Å²) in [5.74, 6) is 1.06. The Kier molecular flexibility index (Phi) is 4.32. The maximum atomic E-state index is 12.6. The van der Waals surface area contributed by atoms with Gasteiger partial charge in [-0.25, -0.2) is 4.98 Å². The Labute approximate surface area is 174 Å². The van der Waals surface area contributed by atoms with E-state index in [-0.39, 0.29) is 11.2 Å². The highest BCUT2D eigenvalue weighted by Crippen LogP contribution is 2.44. The maximum absolute atomic E-state index is 12.6. The third-order valence-electron chi connectivity index (χ3n) is 5.34. The molecule has 1 aliphatic carbocycles. The summed E-state index contributed by atoms with van der Waals surface area (Å²) in [5.41, 5.74) is 3.93. The summed E-state index contributed by atoms with van der Waals surface area (Å²) in [6.45, 7) is 5.59. The van der Waals surface area contributed by atoms with Gasteiger partial charge in [-0.2, -0.15) is 0 Å². The van der Waals surface area contributed by atoms with Crippen LogP contribution < -0.4 is 15.0 Å². The molecule has 0 saturated carbocycles. The Morgan fingerprint density at radius 3 is 2.76 bits per heavy atom. The van der Waals surface area contributed by atoms with Crippen LogP contribution in [0.3, 0.4) is 0 Å². The molecule has 5 rings (SSSR count). The van der Waals surface area contributed by atoms with Crippen LogP contribution in [-0.2, 0) is 6.42 Å². The lowest BCUT2D eigenvalue weighted by molar-refractivity contribution is 0.0916. The Morgan fingerprint density at radius 2 is 1.93 bits per heavy atom. The van der Waals surface area contributed by atoms with E-state index in [0.29, 0.717) is 19.6 Å². The van der Waals surface area contributed by atoms with Crippen molar-refractivity contribution in [2.75, 3.05) is 23.4 Å². The molecule has 1 aromatic heterocycles. The number of ether oxygens (including phenoxy) is 1. The van der Waals surface area contributed by atoms with Crippen LogP contribution in [0.15, 0.2) is 48.5 Å². The third kappa shape index (κ3) is 3.49. The Bertz CT molecular complexity index is 1070.